The first-order chi connectivity index (χ1) is 9.93. The first-order valence-corrected chi connectivity index (χ1v) is 8.13. The van der Waals surface area contributed by atoms with Crippen LogP contribution in [0.2, 0.25) is 0 Å². The Bertz CT molecular complexity index is 459. The highest BCUT2D eigenvalue weighted by molar-refractivity contribution is 5.51. The molecule has 1 aromatic rings. The second kappa shape index (κ2) is 6.79. The molecule has 0 bridgehead atoms. The van der Waals surface area contributed by atoms with E-state index in [1.54, 1.807) is 0 Å². The first-order valence-electron chi connectivity index (χ1n) is 8.13. The number of nitrogens with two attached hydrogens (primary N) is 1. The number of anilines is 1. The Morgan fingerprint density at radius 2 is 1.95 bits per heavy atom. The van der Waals surface area contributed by atoms with E-state index in [0.29, 0.717) is 6.04 Å². The maximum absolute atomic E-state index is 6.19. The van der Waals surface area contributed by atoms with E-state index < -0.39 is 0 Å². The molecule has 1 aliphatic heterocycles. The third-order valence-corrected chi connectivity index (χ3v) is 4.87. The normalized spacial score (nSPS) is 19.0. The predicted molar refractivity (Wildman–Crippen MR) is 88.8 cm³/mol. The van der Waals surface area contributed by atoms with Crippen LogP contribution in [0.3, 0.4) is 0 Å². The summed E-state index contributed by atoms with van der Waals surface area (Å²) in [5.74, 6) is 1.26. The molecule has 1 saturated heterocycles. The lowest BCUT2D eigenvalue weighted by Gasteiger charge is -2.36. The van der Waals surface area contributed by atoms with Gasteiger partial charge in [0.15, 0.2) is 0 Å². The van der Waals surface area contributed by atoms with Crippen molar-refractivity contribution in [3.05, 3.63) is 11.3 Å². The average Bonchev–Trinajstić information content (AvgIpc) is 2.73. The second-order valence-corrected chi connectivity index (χ2v) is 6.53. The zero-order chi connectivity index (χ0) is 15.6. The minimum atomic E-state index is 0.220. The van der Waals surface area contributed by atoms with Gasteiger partial charge in [-0.25, -0.2) is 0 Å². The molecule has 1 fully saturated rings. The zero-order valence-corrected chi connectivity index (χ0v) is 14.3. The topological polar surface area (TPSA) is 50.3 Å². The molecule has 0 aromatic carbocycles. The predicted octanol–water partition coefficient (Wildman–Crippen LogP) is 1.54. The number of nitrogens with zero attached hydrogens (tertiary/aromatic N) is 4. The number of aryl methyl sites for hydroxylation is 2. The van der Waals surface area contributed by atoms with Gasteiger partial charge in [-0.3, -0.25) is 4.68 Å². The van der Waals surface area contributed by atoms with Crippen LogP contribution < -0.4 is 10.6 Å². The molecule has 1 aliphatic rings. The maximum Gasteiger partial charge on any atom is 0.130 e. The van der Waals surface area contributed by atoms with Gasteiger partial charge in [0.2, 0.25) is 0 Å². The number of aromatic nitrogens is 2. The molecule has 0 amide bonds. The number of hydrogen-bond acceptors (Lipinski definition) is 4. The van der Waals surface area contributed by atoms with E-state index in [1.807, 2.05) is 4.68 Å². The molecule has 0 aliphatic carbocycles. The van der Waals surface area contributed by atoms with Crippen LogP contribution in [0.1, 0.15) is 37.4 Å². The van der Waals surface area contributed by atoms with E-state index >= 15 is 0 Å². The Hall–Kier alpha value is -1.07. The van der Waals surface area contributed by atoms with Crippen LogP contribution in [-0.4, -0.2) is 53.9 Å². The average molecular weight is 293 g/mol. The lowest BCUT2D eigenvalue weighted by Crippen LogP contribution is -2.43. The van der Waals surface area contributed by atoms with Crippen LogP contribution in [0, 0.1) is 6.92 Å². The van der Waals surface area contributed by atoms with Gasteiger partial charge >= 0.3 is 0 Å². The SMILES string of the molecule is CCC(N)Cc1c(C)nn(C)c1N(C)C1CCN(C)CC1. The minimum Gasteiger partial charge on any atom is -0.357 e. The van der Waals surface area contributed by atoms with Gasteiger partial charge in [-0.1, -0.05) is 6.92 Å². The van der Waals surface area contributed by atoms with Gasteiger partial charge in [-0.05, 0) is 52.7 Å². The van der Waals surface area contributed by atoms with Crippen LogP contribution in [0.25, 0.3) is 0 Å². The maximum atomic E-state index is 6.19. The highest BCUT2D eigenvalue weighted by atomic mass is 15.4. The molecule has 0 spiro atoms. The van der Waals surface area contributed by atoms with E-state index in [0.717, 1.165) is 18.5 Å². The fourth-order valence-corrected chi connectivity index (χ4v) is 3.33. The Labute approximate surface area is 129 Å². The molecular formula is C16H31N5. The van der Waals surface area contributed by atoms with Gasteiger partial charge in [0.1, 0.15) is 5.82 Å². The van der Waals surface area contributed by atoms with E-state index in [1.165, 1.54) is 37.3 Å². The summed E-state index contributed by atoms with van der Waals surface area (Å²) in [6, 6.07) is 0.824. The summed E-state index contributed by atoms with van der Waals surface area (Å²) in [6.45, 7) is 6.60. The van der Waals surface area contributed by atoms with Crippen molar-refractivity contribution in [2.45, 2.75) is 51.6 Å². The molecule has 5 heteroatoms. The quantitative estimate of drug-likeness (QED) is 0.895. The van der Waals surface area contributed by atoms with Crippen LogP contribution in [0.5, 0.6) is 0 Å². The molecule has 1 atom stereocenters. The van der Waals surface area contributed by atoms with Crippen molar-refractivity contribution in [1.29, 1.82) is 0 Å². The molecule has 1 aromatic heterocycles. The van der Waals surface area contributed by atoms with Gasteiger partial charge in [-0.2, -0.15) is 5.10 Å². The van der Waals surface area contributed by atoms with E-state index in [9.17, 15) is 0 Å². The Kier molecular flexibility index (Phi) is 5.27. The number of likely N-dealkylation sites (tertiary alicyclic amines) is 1. The highest BCUT2D eigenvalue weighted by Crippen LogP contribution is 2.28. The second-order valence-electron chi connectivity index (χ2n) is 6.53. The molecular weight excluding hydrogens is 262 g/mol. The van der Waals surface area contributed by atoms with Gasteiger partial charge < -0.3 is 15.5 Å². The number of hydrogen-bond donors (Lipinski definition) is 1. The Morgan fingerprint density at radius 3 is 2.52 bits per heavy atom. The highest BCUT2D eigenvalue weighted by Gasteiger charge is 2.26. The standard InChI is InChI=1S/C16H31N5/c1-6-13(17)11-15-12(2)18-21(5)16(15)20(4)14-7-9-19(3)10-8-14/h13-14H,6-11,17H2,1-5H3. The third kappa shape index (κ3) is 3.58. The minimum absolute atomic E-state index is 0.220. The lowest BCUT2D eigenvalue weighted by atomic mass is 10.0. The summed E-state index contributed by atoms with van der Waals surface area (Å²) in [4.78, 5) is 4.84. The van der Waals surface area contributed by atoms with Gasteiger partial charge in [0.05, 0.1) is 5.69 Å². The van der Waals surface area contributed by atoms with E-state index in [4.69, 9.17) is 5.73 Å². The van der Waals surface area contributed by atoms with Crippen molar-refractivity contribution in [2.75, 3.05) is 32.1 Å². The summed E-state index contributed by atoms with van der Waals surface area (Å²) in [5, 5.41) is 4.64. The van der Waals surface area contributed by atoms with Crippen molar-refractivity contribution < 1.29 is 0 Å². The summed E-state index contributed by atoms with van der Waals surface area (Å²) < 4.78 is 2.03. The summed E-state index contributed by atoms with van der Waals surface area (Å²) in [5.41, 5.74) is 8.64. The Morgan fingerprint density at radius 1 is 1.33 bits per heavy atom. The first kappa shape index (κ1) is 16.3. The fraction of sp³-hybridized carbons (Fsp3) is 0.812. The molecule has 21 heavy (non-hydrogen) atoms. The summed E-state index contributed by atoms with van der Waals surface area (Å²) >= 11 is 0. The smallest absolute Gasteiger partial charge is 0.130 e. The molecule has 0 saturated carbocycles. The van der Waals surface area contributed by atoms with Crippen molar-refractivity contribution >= 4 is 5.82 Å². The van der Waals surface area contributed by atoms with Crippen molar-refractivity contribution in [2.24, 2.45) is 12.8 Å². The van der Waals surface area contributed by atoms with Crippen molar-refractivity contribution in [1.82, 2.24) is 14.7 Å². The molecule has 1 unspecified atom stereocenters. The van der Waals surface area contributed by atoms with Crippen LogP contribution >= 0.6 is 0 Å². The number of piperidine rings is 1. The third-order valence-electron chi connectivity index (χ3n) is 4.87. The van der Waals surface area contributed by atoms with E-state index in [2.05, 4.69) is 49.9 Å². The van der Waals surface area contributed by atoms with Crippen molar-refractivity contribution in [3.8, 4) is 0 Å². The monoisotopic (exact) mass is 293 g/mol. The Balaban J connectivity index is 2.21. The molecule has 5 nitrogen and oxygen atoms in total. The van der Waals surface area contributed by atoms with E-state index in [-0.39, 0.29) is 6.04 Å². The van der Waals surface area contributed by atoms with Gasteiger partial charge in [0.25, 0.3) is 0 Å². The largest absolute Gasteiger partial charge is 0.357 e. The lowest BCUT2D eigenvalue weighted by molar-refractivity contribution is 0.252. The molecule has 2 N–H and O–H groups in total. The summed E-state index contributed by atoms with van der Waals surface area (Å²) in [6.07, 6.45) is 4.36. The van der Waals surface area contributed by atoms with Gasteiger partial charge in [-0.15, -0.1) is 0 Å². The fourth-order valence-electron chi connectivity index (χ4n) is 3.33. The zero-order valence-electron chi connectivity index (χ0n) is 14.3. The van der Waals surface area contributed by atoms with Crippen molar-refractivity contribution in [3.63, 3.8) is 0 Å². The molecule has 0 radical (unpaired) electrons. The van der Waals surface area contributed by atoms with Crippen LogP contribution in [0.15, 0.2) is 0 Å². The summed E-state index contributed by atoms with van der Waals surface area (Å²) in [7, 11) is 6.47. The molecule has 120 valence electrons. The molecule has 2 heterocycles. The molecule has 2 rings (SSSR count). The number of rotatable bonds is 5. The van der Waals surface area contributed by atoms with Crippen LogP contribution in [0.4, 0.5) is 5.82 Å². The van der Waals surface area contributed by atoms with Gasteiger partial charge in [0, 0.05) is 31.7 Å². The van der Waals surface area contributed by atoms with Crippen LogP contribution in [-0.2, 0) is 13.5 Å².